The van der Waals surface area contributed by atoms with Crippen molar-refractivity contribution in [2.75, 3.05) is 11.5 Å². The molecule has 2 aliphatic rings. The summed E-state index contributed by atoms with van der Waals surface area (Å²) in [6.45, 7) is 4.25. The fraction of sp³-hybridized carbons (Fsp3) is 0.394. The summed E-state index contributed by atoms with van der Waals surface area (Å²) in [7, 11) is 0. The largest absolute Gasteiger partial charge is 0.463 e. The van der Waals surface area contributed by atoms with Crippen LogP contribution in [0.15, 0.2) is 48.5 Å². The maximum atomic E-state index is 13.6. The van der Waals surface area contributed by atoms with Crippen molar-refractivity contribution in [2.24, 2.45) is 0 Å². The number of anilines is 1. The van der Waals surface area contributed by atoms with E-state index in [0.29, 0.717) is 11.3 Å². The Bertz CT molecular complexity index is 1580. The Morgan fingerprint density at radius 1 is 0.783 bits per heavy atom. The zero-order valence-corrected chi connectivity index (χ0v) is 25.8. The third-order valence-corrected chi connectivity index (χ3v) is 7.05. The molecule has 13 nitrogen and oxygen atoms in total. The molecule has 1 fully saturated rings. The Kier molecular flexibility index (Phi) is 11.1. The Morgan fingerprint density at radius 2 is 1.39 bits per heavy atom. The van der Waals surface area contributed by atoms with Crippen molar-refractivity contribution in [2.45, 2.75) is 77.7 Å². The maximum absolute atomic E-state index is 13.6. The second-order valence-electron chi connectivity index (χ2n) is 10.6. The Morgan fingerprint density at radius 3 is 2.07 bits per heavy atom. The van der Waals surface area contributed by atoms with Gasteiger partial charge in [0.2, 0.25) is 18.1 Å². The number of amides is 2. The van der Waals surface area contributed by atoms with E-state index in [9.17, 15) is 28.8 Å². The summed E-state index contributed by atoms with van der Waals surface area (Å²) in [5.74, 6) is 2.21. The van der Waals surface area contributed by atoms with Crippen molar-refractivity contribution in [3.63, 3.8) is 0 Å². The van der Waals surface area contributed by atoms with Crippen LogP contribution < -0.4 is 10.2 Å². The van der Waals surface area contributed by atoms with Gasteiger partial charge >= 0.3 is 23.9 Å². The first-order chi connectivity index (χ1) is 21.9. The molecule has 2 amide bonds. The minimum absolute atomic E-state index is 0.220. The fourth-order valence-electron chi connectivity index (χ4n) is 5.14. The smallest absolute Gasteiger partial charge is 0.305 e. The summed E-state index contributed by atoms with van der Waals surface area (Å²) in [5.41, 5.74) is 2.88. The second-order valence-corrected chi connectivity index (χ2v) is 10.6. The van der Waals surface area contributed by atoms with Crippen molar-refractivity contribution in [3.8, 4) is 11.8 Å². The topological polar surface area (TPSA) is 164 Å². The molecule has 46 heavy (non-hydrogen) atoms. The lowest BCUT2D eigenvalue weighted by atomic mass is 9.95. The van der Waals surface area contributed by atoms with Crippen LogP contribution >= 0.6 is 0 Å². The van der Waals surface area contributed by atoms with Gasteiger partial charge in [0.1, 0.15) is 18.8 Å². The van der Waals surface area contributed by atoms with Crippen LogP contribution in [0.1, 0.15) is 57.2 Å². The molecule has 1 saturated heterocycles. The van der Waals surface area contributed by atoms with Gasteiger partial charge in [-0.05, 0) is 23.8 Å². The Labute approximate surface area is 265 Å². The first-order valence-electron chi connectivity index (χ1n) is 14.5. The molecule has 0 bridgehead atoms. The molecule has 0 radical (unpaired) electrons. The van der Waals surface area contributed by atoms with E-state index in [-0.39, 0.29) is 25.3 Å². The SMILES string of the molecule is CC(=O)OC[C@H]1OC(OC(C)=O)[C@@H](NC(=O)CCC(=O)N2Cc3ccccc3C#Cc3ccccc32)[C@@H](OC(C)=O)[C@@H]1OC(C)=O. The van der Waals surface area contributed by atoms with Crippen molar-refractivity contribution in [3.05, 3.63) is 65.2 Å². The van der Waals surface area contributed by atoms with Crippen LogP contribution in [0.2, 0.25) is 0 Å². The number of fused-ring (bicyclic) bond motifs is 2. The number of hydrogen-bond donors (Lipinski definition) is 1. The first kappa shape index (κ1) is 33.7. The van der Waals surface area contributed by atoms with Gasteiger partial charge in [-0.15, -0.1) is 0 Å². The van der Waals surface area contributed by atoms with Crippen molar-refractivity contribution in [1.82, 2.24) is 5.32 Å². The number of ether oxygens (including phenoxy) is 5. The molecule has 0 aromatic heterocycles. The lowest BCUT2D eigenvalue weighted by Crippen LogP contribution is -2.67. The number of carbonyl (C=O) groups excluding carboxylic acids is 6. The summed E-state index contributed by atoms with van der Waals surface area (Å²) < 4.78 is 27.0. The van der Waals surface area contributed by atoms with Gasteiger partial charge in [-0.25, -0.2) is 0 Å². The lowest BCUT2D eigenvalue weighted by molar-refractivity contribution is -0.271. The standard InChI is InChI=1S/C33H34N2O11/c1-19(36)42-18-27-31(43-20(2)37)32(44-21(3)38)30(33(46-27)45-22(4)39)34-28(40)15-16-29(41)35-17-25-11-6-5-9-23(25)13-14-24-10-7-8-12-26(24)35/h5-12,27,30-33H,15-18H2,1-4H3,(H,34,40)/t27-,30+,31-,32-,33?/m1/s1. The molecule has 1 unspecified atom stereocenters. The number of nitrogens with zero attached hydrogens (tertiary/aromatic N) is 1. The van der Waals surface area contributed by atoms with E-state index >= 15 is 0 Å². The predicted molar refractivity (Wildman–Crippen MR) is 159 cm³/mol. The number of carbonyl (C=O) groups is 6. The highest BCUT2D eigenvalue weighted by atomic mass is 16.7. The van der Waals surface area contributed by atoms with Crippen molar-refractivity contribution >= 4 is 41.4 Å². The van der Waals surface area contributed by atoms with Crippen LogP contribution in [-0.4, -0.2) is 72.9 Å². The first-order valence-corrected chi connectivity index (χ1v) is 14.5. The van der Waals surface area contributed by atoms with Crippen LogP contribution in [-0.2, 0) is 59.0 Å². The average molecular weight is 635 g/mol. The molecule has 1 N–H and O–H groups in total. The zero-order chi connectivity index (χ0) is 33.4. The molecular weight excluding hydrogens is 600 g/mol. The summed E-state index contributed by atoms with van der Waals surface area (Å²) in [4.78, 5) is 76.2. The number of para-hydroxylation sites is 1. The number of benzene rings is 2. The second kappa shape index (κ2) is 15.2. The monoisotopic (exact) mass is 634 g/mol. The van der Waals surface area contributed by atoms with Crippen LogP contribution in [0.4, 0.5) is 5.69 Å². The van der Waals surface area contributed by atoms with Gasteiger partial charge in [0.05, 0.1) is 12.2 Å². The molecule has 2 aromatic carbocycles. The fourth-order valence-corrected chi connectivity index (χ4v) is 5.14. The zero-order valence-electron chi connectivity index (χ0n) is 25.8. The highest BCUT2D eigenvalue weighted by Crippen LogP contribution is 2.29. The van der Waals surface area contributed by atoms with Gasteiger partial charge in [-0.2, -0.15) is 0 Å². The van der Waals surface area contributed by atoms with E-state index in [1.165, 1.54) is 0 Å². The summed E-state index contributed by atoms with van der Waals surface area (Å²) in [6.07, 6.45) is -6.08. The molecule has 0 aliphatic carbocycles. The van der Waals surface area contributed by atoms with E-state index in [2.05, 4.69) is 17.2 Å². The third-order valence-electron chi connectivity index (χ3n) is 7.05. The van der Waals surface area contributed by atoms with Gasteiger partial charge < -0.3 is 33.9 Å². The molecule has 2 aromatic rings. The molecule has 0 saturated carbocycles. The molecule has 5 atom stereocenters. The molecule has 242 valence electrons. The highest BCUT2D eigenvalue weighted by molar-refractivity contribution is 5.97. The van der Waals surface area contributed by atoms with Gasteiger partial charge in [0.15, 0.2) is 12.2 Å². The Balaban J connectivity index is 1.55. The quantitative estimate of drug-likeness (QED) is 0.243. The van der Waals surface area contributed by atoms with E-state index < -0.39 is 67.0 Å². The average Bonchev–Trinajstić information content (AvgIpc) is 2.98. The van der Waals surface area contributed by atoms with Crippen LogP contribution in [0.25, 0.3) is 0 Å². The van der Waals surface area contributed by atoms with Crippen molar-refractivity contribution in [1.29, 1.82) is 0 Å². The number of esters is 4. The molecule has 2 aliphatic heterocycles. The van der Waals surface area contributed by atoms with Gasteiger partial charge in [0, 0.05) is 51.7 Å². The van der Waals surface area contributed by atoms with E-state index in [1.807, 2.05) is 36.4 Å². The number of rotatable bonds is 9. The highest BCUT2D eigenvalue weighted by Gasteiger charge is 2.52. The Hall–Kier alpha value is -5.22. The molecule has 2 heterocycles. The molecular formula is C33H34N2O11. The van der Waals surface area contributed by atoms with Crippen LogP contribution in [0.5, 0.6) is 0 Å². The molecule has 0 spiro atoms. The van der Waals surface area contributed by atoms with Gasteiger partial charge in [-0.3, -0.25) is 28.8 Å². The minimum Gasteiger partial charge on any atom is -0.463 e. The molecule has 4 rings (SSSR count). The van der Waals surface area contributed by atoms with Crippen LogP contribution in [0.3, 0.4) is 0 Å². The number of hydrogen-bond acceptors (Lipinski definition) is 11. The normalized spacial score (nSPS) is 21.4. The minimum atomic E-state index is -1.54. The lowest BCUT2D eigenvalue weighted by Gasteiger charge is -2.44. The summed E-state index contributed by atoms with van der Waals surface area (Å²) >= 11 is 0. The van der Waals surface area contributed by atoms with Crippen LogP contribution in [0, 0.1) is 11.8 Å². The number of nitrogens with one attached hydrogen (secondary N) is 1. The molecule has 13 heteroatoms. The van der Waals surface area contributed by atoms with E-state index in [4.69, 9.17) is 23.7 Å². The summed E-state index contributed by atoms with van der Waals surface area (Å²) in [5, 5.41) is 2.62. The predicted octanol–water partition coefficient (Wildman–Crippen LogP) is 1.91. The van der Waals surface area contributed by atoms with Gasteiger partial charge in [-0.1, -0.05) is 42.2 Å². The summed E-state index contributed by atoms with van der Waals surface area (Å²) in [6, 6.07) is 13.3. The van der Waals surface area contributed by atoms with Gasteiger partial charge in [0.25, 0.3) is 0 Å². The van der Waals surface area contributed by atoms with E-state index in [1.54, 1.807) is 17.0 Å². The third kappa shape index (κ3) is 8.70. The van der Waals surface area contributed by atoms with E-state index in [0.717, 1.165) is 38.8 Å². The maximum Gasteiger partial charge on any atom is 0.305 e. The van der Waals surface area contributed by atoms with Crippen molar-refractivity contribution < 1.29 is 52.5 Å².